The van der Waals surface area contributed by atoms with Gasteiger partial charge in [0.1, 0.15) is 5.82 Å². The summed E-state index contributed by atoms with van der Waals surface area (Å²) in [6.45, 7) is 6.78. The molecule has 0 aliphatic carbocycles. The fourth-order valence-corrected chi connectivity index (χ4v) is 2.14. The van der Waals surface area contributed by atoms with Crippen molar-refractivity contribution in [3.05, 3.63) is 35.6 Å². The van der Waals surface area contributed by atoms with E-state index in [1.54, 1.807) is 12.1 Å². The highest BCUT2D eigenvalue weighted by atomic mass is 19.1. The highest BCUT2D eigenvalue weighted by Crippen LogP contribution is 2.18. The first-order chi connectivity index (χ1) is 9.77. The third-order valence-corrected chi connectivity index (χ3v) is 3.29. The third kappa shape index (κ3) is 7.01. The number of benzene rings is 1. The maximum atomic E-state index is 13.3. The second-order valence-electron chi connectivity index (χ2n) is 5.18. The smallest absolute Gasteiger partial charge is 0.123 e. The summed E-state index contributed by atoms with van der Waals surface area (Å²) >= 11 is 0. The van der Waals surface area contributed by atoms with E-state index in [0.717, 1.165) is 38.1 Å². The molecule has 2 nitrogen and oxygen atoms in total. The molecular formula is C17H28FNO. The van der Waals surface area contributed by atoms with Gasteiger partial charge in [0.05, 0.1) is 6.10 Å². The fourth-order valence-electron chi connectivity index (χ4n) is 2.14. The van der Waals surface area contributed by atoms with Crippen molar-refractivity contribution in [2.75, 3.05) is 19.7 Å². The van der Waals surface area contributed by atoms with Gasteiger partial charge in [0, 0.05) is 13.2 Å². The van der Waals surface area contributed by atoms with E-state index < -0.39 is 0 Å². The molecule has 0 aromatic heterocycles. The number of unbranched alkanes of at least 4 members (excludes halogenated alkanes) is 3. The number of nitrogens with one attached hydrogen (secondary N) is 1. The van der Waals surface area contributed by atoms with Crippen LogP contribution in [0.4, 0.5) is 4.39 Å². The number of ether oxygens (including phenoxy) is 1. The van der Waals surface area contributed by atoms with Crippen LogP contribution in [0.25, 0.3) is 0 Å². The van der Waals surface area contributed by atoms with E-state index in [2.05, 4.69) is 19.2 Å². The Bertz CT molecular complexity index is 357. The molecule has 20 heavy (non-hydrogen) atoms. The minimum atomic E-state index is -0.197. The molecule has 0 saturated heterocycles. The first-order valence-corrected chi connectivity index (χ1v) is 7.85. The molecule has 0 amide bonds. The Hall–Kier alpha value is -0.930. The molecule has 3 heteroatoms. The quantitative estimate of drug-likeness (QED) is 0.604. The average molecular weight is 281 g/mol. The largest absolute Gasteiger partial charge is 0.372 e. The monoisotopic (exact) mass is 281 g/mol. The molecule has 1 N–H and O–H groups in total. The van der Waals surface area contributed by atoms with Crippen molar-refractivity contribution < 1.29 is 9.13 Å². The van der Waals surface area contributed by atoms with Gasteiger partial charge < -0.3 is 10.1 Å². The zero-order valence-corrected chi connectivity index (χ0v) is 12.8. The lowest BCUT2D eigenvalue weighted by molar-refractivity contribution is 0.0498. The summed E-state index contributed by atoms with van der Waals surface area (Å²) in [4.78, 5) is 0. The van der Waals surface area contributed by atoms with E-state index in [0.29, 0.717) is 0 Å². The van der Waals surface area contributed by atoms with E-state index in [4.69, 9.17) is 4.74 Å². The van der Waals surface area contributed by atoms with E-state index in [1.165, 1.54) is 25.3 Å². The number of hydrogen-bond acceptors (Lipinski definition) is 2. The topological polar surface area (TPSA) is 21.3 Å². The van der Waals surface area contributed by atoms with Gasteiger partial charge in [-0.25, -0.2) is 4.39 Å². The van der Waals surface area contributed by atoms with Gasteiger partial charge in [0.25, 0.3) is 0 Å². The summed E-state index contributed by atoms with van der Waals surface area (Å²) in [5.41, 5.74) is 0.920. The first-order valence-electron chi connectivity index (χ1n) is 7.85. The van der Waals surface area contributed by atoms with Gasteiger partial charge in [0.15, 0.2) is 0 Å². The predicted octanol–water partition coefficient (Wildman–Crippen LogP) is 4.46. The fraction of sp³-hybridized carbons (Fsp3) is 0.647. The van der Waals surface area contributed by atoms with E-state index in [9.17, 15) is 4.39 Å². The van der Waals surface area contributed by atoms with E-state index >= 15 is 0 Å². The van der Waals surface area contributed by atoms with E-state index in [1.807, 2.05) is 6.07 Å². The van der Waals surface area contributed by atoms with Crippen molar-refractivity contribution in [3.8, 4) is 0 Å². The summed E-state index contributed by atoms with van der Waals surface area (Å²) in [7, 11) is 0. The molecule has 0 aliphatic heterocycles. The van der Waals surface area contributed by atoms with Crippen molar-refractivity contribution in [1.29, 1.82) is 0 Å². The molecule has 0 heterocycles. The molecule has 0 bridgehead atoms. The average Bonchev–Trinajstić information content (AvgIpc) is 2.45. The Morgan fingerprint density at radius 3 is 2.70 bits per heavy atom. The molecular weight excluding hydrogens is 253 g/mol. The Morgan fingerprint density at radius 2 is 2.00 bits per heavy atom. The molecule has 1 atom stereocenters. The number of hydrogen-bond donors (Lipinski definition) is 1. The molecule has 0 radical (unpaired) electrons. The summed E-state index contributed by atoms with van der Waals surface area (Å²) < 4.78 is 19.3. The third-order valence-electron chi connectivity index (χ3n) is 3.29. The maximum absolute atomic E-state index is 13.3. The van der Waals surface area contributed by atoms with Gasteiger partial charge in [-0.2, -0.15) is 0 Å². The van der Waals surface area contributed by atoms with Gasteiger partial charge in [-0.15, -0.1) is 0 Å². The van der Waals surface area contributed by atoms with Crippen LogP contribution in [0.3, 0.4) is 0 Å². The Kier molecular flexibility index (Phi) is 9.25. The van der Waals surface area contributed by atoms with Gasteiger partial charge in [0.2, 0.25) is 0 Å². The lowest BCUT2D eigenvalue weighted by atomic mass is 10.1. The summed E-state index contributed by atoms with van der Waals surface area (Å²) in [6, 6.07) is 6.73. The summed E-state index contributed by atoms with van der Waals surface area (Å²) in [5.74, 6) is -0.197. The molecule has 1 aromatic carbocycles. The van der Waals surface area contributed by atoms with Crippen LogP contribution in [-0.2, 0) is 4.74 Å². The molecule has 1 aromatic rings. The minimum absolute atomic E-state index is 0.0566. The van der Waals surface area contributed by atoms with Crippen LogP contribution < -0.4 is 5.32 Å². The van der Waals surface area contributed by atoms with Crippen LogP contribution in [0.5, 0.6) is 0 Å². The normalized spacial score (nSPS) is 12.6. The summed E-state index contributed by atoms with van der Waals surface area (Å²) in [6.07, 6.45) is 5.79. The van der Waals surface area contributed by atoms with Crippen LogP contribution in [0, 0.1) is 5.82 Å². The second kappa shape index (κ2) is 10.8. The van der Waals surface area contributed by atoms with Crippen molar-refractivity contribution in [2.45, 2.75) is 52.1 Å². The standard InChI is InChI=1S/C17H28FNO/c1-3-5-6-7-12-20-17(14-19-11-4-2)15-9-8-10-16(18)13-15/h8-10,13,17,19H,3-7,11-12,14H2,1-2H3. The maximum Gasteiger partial charge on any atom is 0.123 e. The highest BCUT2D eigenvalue weighted by Gasteiger charge is 2.12. The molecule has 0 fully saturated rings. The highest BCUT2D eigenvalue weighted by molar-refractivity contribution is 5.19. The lowest BCUT2D eigenvalue weighted by Crippen LogP contribution is -2.24. The van der Waals surface area contributed by atoms with Crippen LogP contribution in [0.1, 0.15) is 57.6 Å². The van der Waals surface area contributed by atoms with Gasteiger partial charge in [-0.1, -0.05) is 45.2 Å². The van der Waals surface area contributed by atoms with Gasteiger partial charge >= 0.3 is 0 Å². The van der Waals surface area contributed by atoms with Crippen LogP contribution in [-0.4, -0.2) is 19.7 Å². The van der Waals surface area contributed by atoms with Gasteiger partial charge in [-0.3, -0.25) is 0 Å². The van der Waals surface area contributed by atoms with Crippen LogP contribution in [0.2, 0.25) is 0 Å². The van der Waals surface area contributed by atoms with Crippen molar-refractivity contribution >= 4 is 0 Å². The van der Waals surface area contributed by atoms with Crippen molar-refractivity contribution in [1.82, 2.24) is 5.32 Å². The zero-order valence-electron chi connectivity index (χ0n) is 12.8. The molecule has 1 unspecified atom stereocenters. The molecule has 0 spiro atoms. The van der Waals surface area contributed by atoms with Crippen LogP contribution >= 0.6 is 0 Å². The minimum Gasteiger partial charge on any atom is -0.372 e. The molecule has 0 aliphatic rings. The Labute approximate surface area is 122 Å². The van der Waals surface area contributed by atoms with Crippen molar-refractivity contribution in [3.63, 3.8) is 0 Å². The van der Waals surface area contributed by atoms with Crippen molar-refractivity contribution in [2.24, 2.45) is 0 Å². The van der Waals surface area contributed by atoms with Crippen LogP contribution in [0.15, 0.2) is 24.3 Å². The first kappa shape index (κ1) is 17.1. The lowest BCUT2D eigenvalue weighted by Gasteiger charge is -2.19. The second-order valence-corrected chi connectivity index (χ2v) is 5.18. The molecule has 1 rings (SSSR count). The molecule has 0 saturated carbocycles. The molecule has 114 valence electrons. The summed E-state index contributed by atoms with van der Waals surface area (Å²) in [5, 5.41) is 3.36. The van der Waals surface area contributed by atoms with E-state index in [-0.39, 0.29) is 11.9 Å². The zero-order chi connectivity index (χ0) is 14.6. The van der Waals surface area contributed by atoms with Gasteiger partial charge in [-0.05, 0) is 37.1 Å². The number of rotatable bonds is 11. The predicted molar refractivity (Wildman–Crippen MR) is 82.4 cm³/mol. The SMILES string of the molecule is CCCCCCOC(CNCCC)c1cccc(F)c1. The number of halogens is 1. The Balaban J connectivity index is 2.47. The Morgan fingerprint density at radius 1 is 1.15 bits per heavy atom.